The predicted octanol–water partition coefficient (Wildman–Crippen LogP) is 1.63. The Hall–Kier alpha value is -1.36. The first kappa shape index (κ1) is 17.7. The molecule has 0 spiro atoms. The second-order valence-corrected chi connectivity index (χ2v) is 6.86. The van der Waals surface area contributed by atoms with Crippen molar-refractivity contribution >= 4 is 11.4 Å². The van der Waals surface area contributed by atoms with Gasteiger partial charge in [-0.3, -0.25) is 9.59 Å². The van der Waals surface area contributed by atoms with Crippen LogP contribution < -0.4 is 20.7 Å². The van der Waals surface area contributed by atoms with Crippen molar-refractivity contribution in [1.82, 2.24) is 0 Å². The van der Waals surface area contributed by atoms with E-state index in [4.69, 9.17) is 4.74 Å². The molecule has 0 unspecified atom stereocenters. The maximum atomic E-state index is 11.8. The summed E-state index contributed by atoms with van der Waals surface area (Å²) in [5.74, 6) is 0. The summed E-state index contributed by atoms with van der Waals surface area (Å²) in [5.41, 5.74) is 0.605. The van der Waals surface area contributed by atoms with Gasteiger partial charge in [0.05, 0.1) is 6.61 Å². The van der Waals surface area contributed by atoms with Gasteiger partial charge >= 0.3 is 0 Å². The summed E-state index contributed by atoms with van der Waals surface area (Å²) in [6.07, 6.45) is 2.08. The second kappa shape index (κ2) is 7.07. The van der Waals surface area contributed by atoms with Crippen LogP contribution in [0.15, 0.2) is 9.59 Å². The molecule has 0 atom stereocenters. The zero-order chi connectivity index (χ0) is 16.2. The van der Waals surface area contributed by atoms with Crippen molar-refractivity contribution in [1.29, 1.82) is 0 Å². The van der Waals surface area contributed by atoms with Crippen molar-refractivity contribution in [2.75, 3.05) is 50.7 Å². The number of hydrogen-bond donors (Lipinski definition) is 0. The first-order valence-corrected chi connectivity index (χ1v) is 7.43. The van der Waals surface area contributed by atoms with Crippen LogP contribution in [-0.2, 0) is 4.74 Å². The molecule has 0 aliphatic carbocycles. The number of methoxy groups -OCH3 is 1. The molecule has 1 aromatic rings. The summed E-state index contributed by atoms with van der Waals surface area (Å²) in [6.45, 7) is 8.52. The molecule has 0 bridgehead atoms. The van der Waals surface area contributed by atoms with Crippen molar-refractivity contribution in [3.8, 4) is 0 Å². The van der Waals surface area contributed by atoms with Crippen molar-refractivity contribution in [3.63, 3.8) is 0 Å². The summed E-state index contributed by atoms with van der Waals surface area (Å²) in [6, 6.07) is 0. The lowest BCUT2D eigenvalue weighted by Crippen LogP contribution is -2.45. The molecule has 21 heavy (non-hydrogen) atoms. The van der Waals surface area contributed by atoms with E-state index in [1.54, 1.807) is 7.11 Å². The normalized spacial score (nSPS) is 11.9. The standard InChI is InChI=1S/C16H28N2O3/c1-16(2,3)8-7-9-17(4)12-13(15(20)14(12)19)18(5)10-11-21-6/h7-11H2,1-6H3. The van der Waals surface area contributed by atoms with Gasteiger partial charge in [0.25, 0.3) is 10.9 Å². The van der Waals surface area contributed by atoms with E-state index in [1.807, 2.05) is 23.9 Å². The summed E-state index contributed by atoms with van der Waals surface area (Å²) in [4.78, 5) is 27.4. The van der Waals surface area contributed by atoms with Gasteiger partial charge in [-0.25, -0.2) is 0 Å². The molecule has 0 aliphatic heterocycles. The van der Waals surface area contributed by atoms with E-state index >= 15 is 0 Å². The molecule has 0 saturated heterocycles. The minimum Gasteiger partial charge on any atom is -0.383 e. The van der Waals surface area contributed by atoms with Crippen LogP contribution in [0.2, 0.25) is 0 Å². The molecular formula is C16H28N2O3. The number of nitrogens with zero attached hydrogens (tertiary/aromatic N) is 2. The highest BCUT2D eigenvalue weighted by molar-refractivity contribution is 5.75. The molecule has 120 valence electrons. The van der Waals surface area contributed by atoms with E-state index in [9.17, 15) is 9.59 Å². The zero-order valence-corrected chi connectivity index (χ0v) is 14.2. The van der Waals surface area contributed by atoms with Crippen LogP contribution in [-0.4, -0.2) is 40.9 Å². The fourth-order valence-corrected chi connectivity index (χ4v) is 2.37. The van der Waals surface area contributed by atoms with Gasteiger partial charge in [-0.15, -0.1) is 0 Å². The van der Waals surface area contributed by atoms with Crippen molar-refractivity contribution in [3.05, 3.63) is 20.4 Å². The Balaban J connectivity index is 2.72. The third-order valence-corrected chi connectivity index (χ3v) is 3.68. The third-order valence-electron chi connectivity index (χ3n) is 3.68. The SMILES string of the molecule is COCCN(C)c1c(N(C)CCCC(C)(C)C)c(=O)c1=O. The van der Waals surface area contributed by atoms with Crippen LogP contribution in [0.3, 0.4) is 0 Å². The van der Waals surface area contributed by atoms with Gasteiger partial charge in [0, 0.05) is 34.3 Å². The first-order chi connectivity index (χ1) is 9.69. The van der Waals surface area contributed by atoms with Crippen molar-refractivity contribution in [2.45, 2.75) is 33.6 Å². The molecule has 0 radical (unpaired) electrons. The summed E-state index contributed by atoms with van der Waals surface area (Å²) >= 11 is 0. The lowest BCUT2D eigenvalue weighted by atomic mass is 9.90. The molecule has 0 aromatic heterocycles. The van der Waals surface area contributed by atoms with Gasteiger partial charge in [0.1, 0.15) is 11.4 Å². The molecule has 0 aliphatic rings. The van der Waals surface area contributed by atoms with Gasteiger partial charge in [-0.1, -0.05) is 20.8 Å². The summed E-state index contributed by atoms with van der Waals surface area (Å²) < 4.78 is 5.02. The van der Waals surface area contributed by atoms with E-state index in [-0.39, 0.29) is 16.3 Å². The third kappa shape index (κ3) is 4.56. The first-order valence-electron chi connectivity index (χ1n) is 7.43. The Morgan fingerprint density at radius 1 is 0.952 bits per heavy atom. The molecule has 0 heterocycles. The monoisotopic (exact) mass is 296 g/mol. The zero-order valence-electron chi connectivity index (χ0n) is 14.2. The van der Waals surface area contributed by atoms with Crippen LogP contribution in [0.4, 0.5) is 11.4 Å². The number of rotatable bonds is 8. The van der Waals surface area contributed by atoms with Crippen LogP contribution in [0.5, 0.6) is 0 Å². The van der Waals surface area contributed by atoms with Crippen LogP contribution in [0, 0.1) is 5.41 Å². The van der Waals surface area contributed by atoms with Gasteiger partial charge in [-0.05, 0) is 18.3 Å². The smallest absolute Gasteiger partial charge is 0.253 e. The quantitative estimate of drug-likeness (QED) is 0.682. The molecule has 0 N–H and O–H groups in total. The summed E-state index contributed by atoms with van der Waals surface area (Å²) in [5, 5.41) is 0. The lowest BCUT2D eigenvalue weighted by Gasteiger charge is -2.29. The molecule has 1 aromatic carbocycles. The average molecular weight is 296 g/mol. The Kier molecular flexibility index (Phi) is 5.96. The van der Waals surface area contributed by atoms with Crippen LogP contribution >= 0.6 is 0 Å². The molecular weight excluding hydrogens is 268 g/mol. The van der Waals surface area contributed by atoms with E-state index in [0.717, 1.165) is 19.4 Å². The number of likely N-dealkylation sites (N-methyl/N-ethyl adjacent to an activating group) is 1. The predicted molar refractivity (Wildman–Crippen MR) is 88.5 cm³/mol. The van der Waals surface area contributed by atoms with Gasteiger partial charge in [0.15, 0.2) is 0 Å². The molecule has 5 heteroatoms. The maximum absolute atomic E-state index is 11.8. The number of hydrogen-bond acceptors (Lipinski definition) is 5. The second-order valence-electron chi connectivity index (χ2n) is 6.86. The maximum Gasteiger partial charge on any atom is 0.253 e. The van der Waals surface area contributed by atoms with Gasteiger partial charge in [-0.2, -0.15) is 0 Å². The number of anilines is 2. The Bertz CT molecular complexity index is 524. The number of ether oxygens (including phenoxy) is 1. The fraction of sp³-hybridized carbons (Fsp3) is 0.750. The highest BCUT2D eigenvalue weighted by Crippen LogP contribution is 2.24. The fourth-order valence-electron chi connectivity index (χ4n) is 2.37. The van der Waals surface area contributed by atoms with Gasteiger partial charge in [0.2, 0.25) is 0 Å². The van der Waals surface area contributed by atoms with Crippen LogP contribution in [0.1, 0.15) is 33.6 Å². The van der Waals surface area contributed by atoms with E-state index in [0.29, 0.717) is 24.5 Å². The minimum atomic E-state index is -0.383. The summed E-state index contributed by atoms with van der Waals surface area (Å²) in [7, 11) is 5.32. The van der Waals surface area contributed by atoms with E-state index in [2.05, 4.69) is 20.8 Å². The topological polar surface area (TPSA) is 49.9 Å². The molecule has 0 fully saturated rings. The highest BCUT2D eigenvalue weighted by Gasteiger charge is 2.26. The Labute approximate surface area is 127 Å². The Morgan fingerprint density at radius 3 is 1.86 bits per heavy atom. The largest absolute Gasteiger partial charge is 0.383 e. The van der Waals surface area contributed by atoms with E-state index in [1.165, 1.54) is 0 Å². The van der Waals surface area contributed by atoms with E-state index < -0.39 is 0 Å². The minimum absolute atomic E-state index is 0.284. The van der Waals surface area contributed by atoms with Crippen molar-refractivity contribution < 1.29 is 4.74 Å². The van der Waals surface area contributed by atoms with Crippen LogP contribution in [0.25, 0.3) is 0 Å². The van der Waals surface area contributed by atoms with Crippen molar-refractivity contribution in [2.24, 2.45) is 5.41 Å². The molecule has 5 nitrogen and oxygen atoms in total. The Morgan fingerprint density at radius 2 is 1.43 bits per heavy atom. The van der Waals surface area contributed by atoms with Gasteiger partial charge < -0.3 is 14.5 Å². The molecule has 1 rings (SSSR count). The highest BCUT2D eigenvalue weighted by atomic mass is 16.5. The molecule has 0 amide bonds. The molecule has 0 saturated carbocycles. The lowest BCUT2D eigenvalue weighted by molar-refractivity contribution is 0.206. The average Bonchev–Trinajstić information content (AvgIpc) is 2.39.